The number of aryl methyl sites for hydroxylation is 1. The van der Waals surface area contributed by atoms with Crippen LogP contribution in [0.3, 0.4) is 0 Å². The van der Waals surface area contributed by atoms with Crippen LogP contribution >= 0.6 is 12.4 Å². The van der Waals surface area contributed by atoms with E-state index in [2.05, 4.69) is 13.0 Å². The Labute approximate surface area is 84.8 Å². The van der Waals surface area contributed by atoms with Crippen molar-refractivity contribution in [2.75, 3.05) is 0 Å². The molecule has 70 valence electrons. The van der Waals surface area contributed by atoms with Gasteiger partial charge in [-0.2, -0.15) is 5.26 Å². The lowest BCUT2D eigenvalue weighted by atomic mass is 10.0. The van der Waals surface area contributed by atoms with E-state index in [4.69, 9.17) is 11.0 Å². The van der Waals surface area contributed by atoms with Gasteiger partial charge in [-0.15, -0.1) is 12.4 Å². The van der Waals surface area contributed by atoms with E-state index in [1.54, 1.807) is 6.07 Å². The first-order valence-electron chi connectivity index (χ1n) is 4.03. The van der Waals surface area contributed by atoms with Crippen molar-refractivity contribution in [3.05, 3.63) is 34.9 Å². The van der Waals surface area contributed by atoms with Crippen molar-refractivity contribution in [1.82, 2.24) is 0 Å². The first-order valence-corrected chi connectivity index (χ1v) is 4.03. The molecule has 0 fully saturated rings. The molecular weight excluding hydrogens is 184 g/mol. The van der Waals surface area contributed by atoms with Gasteiger partial charge in [0, 0.05) is 6.54 Å². The monoisotopic (exact) mass is 196 g/mol. The molecule has 0 radical (unpaired) electrons. The van der Waals surface area contributed by atoms with E-state index in [9.17, 15) is 0 Å². The van der Waals surface area contributed by atoms with Gasteiger partial charge in [0.15, 0.2) is 0 Å². The number of rotatable bonds is 2. The van der Waals surface area contributed by atoms with Crippen LogP contribution in [0.2, 0.25) is 0 Å². The molecule has 0 aliphatic rings. The van der Waals surface area contributed by atoms with Gasteiger partial charge in [-0.3, -0.25) is 0 Å². The van der Waals surface area contributed by atoms with Crippen molar-refractivity contribution >= 4 is 12.4 Å². The van der Waals surface area contributed by atoms with Gasteiger partial charge in [0.2, 0.25) is 0 Å². The maximum atomic E-state index is 8.64. The van der Waals surface area contributed by atoms with Crippen molar-refractivity contribution < 1.29 is 0 Å². The molecule has 0 amide bonds. The first-order chi connectivity index (χ1) is 5.81. The third-order valence-corrected chi connectivity index (χ3v) is 1.94. The van der Waals surface area contributed by atoms with E-state index in [-0.39, 0.29) is 12.4 Å². The minimum absolute atomic E-state index is 0. The summed E-state index contributed by atoms with van der Waals surface area (Å²) in [5, 5.41) is 8.64. The summed E-state index contributed by atoms with van der Waals surface area (Å²) in [6, 6.07) is 7.75. The summed E-state index contributed by atoms with van der Waals surface area (Å²) in [6.07, 6.45) is 0.933. The third kappa shape index (κ3) is 2.73. The topological polar surface area (TPSA) is 49.8 Å². The normalized spacial score (nSPS) is 8.69. The van der Waals surface area contributed by atoms with Crippen molar-refractivity contribution in [3.8, 4) is 6.07 Å². The molecule has 0 spiro atoms. The predicted molar refractivity (Wildman–Crippen MR) is 55.7 cm³/mol. The molecule has 1 aromatic carbocycles. The van der Waals surface area contributed by atoms with Gasteiger partial charge in [-0.05, 0) is 29.7 Å². The Bertz CT molecular complexity index is 315. The molecule has 0 aliphatic heterocycles. The van der Waals surface area contributed by atoms with Crippen LogP contribution in [0.4, 0.5) is 0 Å². The van der Waals surface area contributed by atoms with E-state index in [0.29, 0.717) is 12.1 Å². The fourth-order valence-electron chi connectivity index (χ4n) is 1.22. The lowest BCUT2D eigenvalue weighted by Gasteiger charge is -2.04. The summed E-state index contributed by atoms with van der Waals surface area (Å²) in [7, 11) is 0. The molecule has 0 saturated heterocycles. The Kier molecular flexibility index (Phi) is 5.13. The molecule has 2 N–H and O–H groups in total. The molecule has 0 aromatic heterocycles. The van der Waals surface area contributed by atoms with Gasteiger partial charge in [0.1, 0.15) is 0 Å². The Morgan fingerprint density at radius 2 is 2.08 bits per heavy atom. The van der Waals surface area contributed by atoms with Gasteiger partial charge >= 0.3 is 0 Å². The standard InChI is InChI=1S/C10H12N2.ClH/c1-2-9-5-8(6-11)3-4-10(9)7-12;/h3-5H,2,7,12H2,1H3;1H. The zero-order valence-electron chi connectivity index (χ0n) is 7.58. The predicted octanol–water partition coefficient (Wildman–Crippen LogP) is 2.00. The largest absolute Gasteiger partial charge is 0.326 e. The van der Waals surface area contributed by atoms with Gasteiger partial charge < -0.3 is 5.73 Å². The maximum Gasteiger partial charge on any atom is 0.0991 e. The molecule has 0 atom stereocenters. The molecule has 3 heteroatoms. The number of halogens is 1. The zero-order chi connectivity index (χ0) is 8.97. The average Bonchev–Trinajstić information content (AvgIpc) is 2.16. The molecule has 1 aromatic rings. The minimum atomic E-state index is 0. The Morgan fingerprint density at radius 3 is 2.54 bits per heavy atom. The van der Waals surface area contributed by atoms with Crippen LogP contribution in [0.1, 0.15) is 23.6 Å². The fourth-order valence-corrected chi connectivity index (χ4v) is 1.22. The van der Waals surface area contributed by atoms with Crippen LogP contribution in [0, 0.1) is 11.3 Å². The number of hydrogen-bond acceptors (Lipinski definition) is 2. The van der Waals surface area contributed by atoms with Crippen molar-refractivity contribution in [1.29, 1.82) is 5.26 Å². The van der Waals surface area contributed by atoms with Crippen molar-refractivity contribution in [3.63, 3.8) is 0 Å². The van der Waals surface area contributed by atoms with Crippen LogP contribution in [-0.2, 0) is 13.0 Å². The molecule has 0 aliphatic carbocycles. The van der Waals surface area contributed by atoms with E-state index in [1.807, 2.05) is 12.1 Å². The third-order valence-electron chi connectivity index (χ3n) is 1.94. The Morgan fingerprint density at radius 1 is 1.38 bits per heavy atom. The SMILES string of the molecule is CCc1cc(C#N)ccc1CN.Cl. The van der Waals surface area contributed by atoms with Crippen LogP contribution in [0.5, 0.6) is 0 Å². The molecule has 2 nitrogen and oxygen atoms in total. The first kappa shape index (κ1) is 12.0. The number of nitrogens with zero attached hydrogens (tertiary/aromatic N) is 1. The summed E-state index contributed by atoms with van der Waals surface area (Å²) in [5.74, 6) is 0. The lowest BCUT2D eigenvalue weighted by Crippen LogP contribution is -2.00. The second-order valence-corrected chi connectivity index (χ2v) is 2.65. The highest BCUT2D eigenvalue weighted by atomic mass is 35.5. The van der Waals surface area contributed by atoms with E-state index in [0.717, 1.165) is 12.0 Å². The molecule has 0 unspecified atom stereocenters. The number of hydrogen-bond donors (Lipinski definition) is 1. The molecule has 0 saturated carbocycles. The van der Waals surface area contributed by atoms with Gasteiger partial charge in [0.05, 0.1) is 11.6 Å². The Hall–Kier alpha value is -1.04. The van der Waals surface area contributed by atoms with Crippen LogP contribution < -0.4 is 5.73 Å². The quantitative estimate of drug-likeness (QED) is 0.787. The summed E-state index contributed by atoms with van der Waals surface area (Å²) in [6.45, 7) is 2.62. The van der Waals surface area contributed by atoms with Gasteiger partial charge in [0.25, 0.3) is 0 Å². The summed E-state index contributed by atoms with van der Waals surface area (Å²) in [5.41, 5.74) is 8.56. The summed E-state index contributed by atoms with van der Waals surface area (Å²) in [4.78, 5) is 0. The van der Waals surface area contributed by atoms with E-state index in [1.165, 1.54) is 5.56 Å². The number of benzene rings is 1. The minimum Gasteiger partial charge on any atom is -0.326 e. The highest BCUT2D eigenvalue weighted by Crippen LogP contribution is 2.11. The average molecular weight is 197 g/mol. The number of nitrogens with two attached hydrogens (primary N) is 1. The second kappa shape index (κ2) is 5.58. The Balaban J connectivity index is 0.00000144. The summed E-state index contributed by atoms with van der Waals surface area (Å²) >= 11 is 0. The second-order valence-electron chi connectivity index (χ2n) is 2.65. The zero-order valence-corrected chi connectivity index (χ0v) is 8.40. The van der Waals surface area contributed by atoms with E-state index >= 15 is 0 Å². The highest BCUT2D eigenvalue weighted by Gasteiger charge is 1.99. The molecular formula is C10H13ClN2. The lowest BCUT2D eigenvalue weighted by molar-refractivity contribution is 1.00. The maximum absolute atomic E-state index is 8.64. The van der Waals surface area contributed by atoms with Gasteiger partial charge in [-0.25, -0.2) is 0 Å². The summed E-state index contributed by atoms with van der Waals surface area (Å²) < 4.78 is 0. The molecule has 13 heavy (non-hydrogen) atoms. The molecule has 0 heterocycles. The van der Waals surface area contributed by atoms with Crippen LogP contribution in [0.15, 0.2) is 18.2 Å². The van der Waals surface area contributed by atoms with Crippen LogP contribution in [-0.4, -0.2) is 0 Å². The van der Waals surface area contributed by atoms with Crippen LogP contribution in [0.25, 0.3) is 0 Å². The fraction of sp³-hybridized carbons (Fsp3) is 0.300. The van der Waals surface area contributed by atoms with Gasteiger partial charge in [-0.1, -0.05) is 13.0 Å². The van der Waals surface area contributed by atoms with Crippen molar-refractivity contribution in [2.24, 2.45) is 5.73 Å². The highest BCUT2D eigenvalue weighted by molar-refractivity contribution is 5.85. The van der Waals surface area contributed by atoms with Crippen molar-refractivity contribution in [2.45, 2.75) is 19.9 Å². The smallest absolute Gasteiger partial charge is 0.0991 e. The molecule has 0 bridgehead atoms. The molecule has 1 rings (SSSR count). The number of nitriles is 1. The van der Waals surface area contributed by atoms with E-state index < -0.39 is 0 Å².